The summed E-state index contributed by atoms with van der Waals surface area (Å²) >= 11 is 1.63. The van der Waals surface area contributed by atoms with Crippen LogP contribution in [0.5, 0.6) is 5.75 Å². The number of thiazole rings is 1. The number of nitrogens with two attached hydrogens (primary N) is 1. The second-order valence-corrected chi connectivity index (χ2v) is 4.97. The van der Waals surface area contributed by atoms with E-state index in [4.69, 9.17) is 10.6 Å². The van der Waals surface area contributed by atoms with Gasteiger partial charge in [-0.05, 0) is 6.92 Å². The number of hydrogen-bond acceptors (Lipinski definition) is 6. The van der Waals surface area contributed by atoms with E-state index in [-0.39, 0.29) is 6.04 Å². The Labute approximate surface area is 110 Å². The van der Waals surface area contributed by atoms with Gasteiger partial charge in [-0.3, -0.25) is 16.0 Å². The topological polar surface area (TPSA) is 78.0 Å². The van der Waals surface area contributed by atoms with Crippen molar-refractivity contribution in [3.8, 4) is 5.75 Å². The first-order valence-corrected chi connectivity index (χ1v) is 6.46. The molecular weight excluding hydrogens is 250 g/mol. The molecule has 0 spiro atoms. The molecule has 0 aliphatic carbocycles. The lowest BCUT2D eigenvalue weighted by Crippen LogP contribution is -2.31. The number of rotatable bonds is 5. The predicted octanol–water partition coefficient (Wildman–Crippen LogP) is 0.941. The highest BCUT2D eigenvalue weighted by atomic mass is 32.1. The zero-order chi connectivity index (χ0) is 13.1. The van der Waals surface area contributed by atoms with Crippen molar-refractivity contribution in [3.05, 3.63) is 28.0 Å². The number of methoxy groups -OCH3 is 1. The molecule has 2 aromatic rings. The normalized spacial score (nSPS) is 12.7. The van der Waals surface area contributed by atoms with Crippen LogP contribution in [0, 0.1) is 6.92 Å². The summed E-state index contributed by atoms with van der Waals surface area (Å²) in [6.07, 6.45) is 2.40. The molecule has 0 bridgehead atoms. The van der Waals surface area contributed by atoms with Gasteiger partial charge >= 0.3 is 0 Å². The van der Waals surface area contributed by atoms with Gasteiger partial charge in [-0.25, -0.2) is 4.98 Å². The number of aryl methyl sites for hydroxylation is 2. The maximum atomic E-state index is 5.64. The summed E-state index contributed by atoms with van der Waals surface area (Å²) in [5.41, 5.74) is 4.76. The van der Waals surface area contributed by atoms with Crippen LogP contribution in [0.15, 0.2) is 11.6 Å². The van der Waals surface area contributed by atoms with Gasteiger partial charge in [0.25, 0.3) is 0 Å². The highest BCUT2D eigenvalue weighted by molar-refractivity contribution is 7.09. The number of hydrazine groups is 1. The van der Waals surface area contributed by atoms with E-state index in [1.54, 1.807) is 29.3 Å². The molecule has 98 valence electrons. The summed E-state index contributed by atoms with van der Waals surface area (Å²) in [6, 6.07) is -0.0713. The Kier molecular flexibility index (Phi) is 3.95. The van der Waals surface area contributed by atoms with E-state index in [9.17, 15) is 0 Å². The Morgan fingerprint density at radius 3 is 2.94 bits per heavy atom. The molecule has 6 nitrogen and oxygen atoms in total. The third-order valence-corrected chi connectivity index (χ3v) is 3.73. The van der Waals surface area contributed by atoms with Crippen molar-refractivity contribution in [1.29, 1.82) is 0 Å². The Balaban J connectivity index is 2.25. The lowest BCUT2D eigenvalue weighted by Gasteiger charge is -2.16. The van der Waals surface area contributed by atoms with Crippen LogP contribution < -0.4 is 16.0 Å². The van der Waals surface area contributed by atoms with Crippen molar-refractivity contribution in [2.24, 2.45) is 12.9 Å². The number of hydrogen-bond donors (Lipinski definition) is 2. The molecule has 3 N–H and O–H groups in total. The van der Waals surface area contributed by atoms with Crippen LogP contribution in [-0.4, -0.2) is 21.9 Å². The van der Waals surface area contributed by atoms with Gasteiger partial charge in [0.1, 0.15) is 0 Å². The number of nitrogens with zero attached hydrogens (tertiary/aromatic N) is 3. The average molecular weight is 267 g/mol. The first-order valence-electron chi connectivity index (χ1n) is 5.58. The van der Waals surface area contributed by atoms with Crippen LogP contribution in [0.3, 0.4) is 0 Å². The molecule has 0 aromatic carbocycles. The third-order valence-electron chi connectivity index (χ3n) is 2.75. The molecule has 1 atom stereocenters. The molecule has 0 amide bonds. The van der Waals surface area contributed by atoms with Gasteiger partial charge in [-0.2, -0.15) is 5.10 Å². The van der Waals surface area contributed by atoms with Crippen molar-refractivity contribution in [2.45, 2.75) is 19.4 Å². The molecule has 0 saturated carbocycles. The largest absolute Gasteiger partial charge is 0.493 e. The van der Waals surface area contributed by atoms with Crippen LogP contribution in [0.2, 0.25) is 0 Å². The summed E-state index contributed by atoms with van der Waals surface area (Å²) in [5.74, 6) is 6.37. The van der Waals surface area contributed by atoms with Crippen molar-refractivity contribution >= 4 is 11.3 Å². The SMILES string of the molecule is COc1cnn(C)c1C(Cc1nc(C)cs1)NN. The zero-order valence-corrected chi connectivity index (χ0v) is 11.5. The van der Waals surface area contributed by atoms with Crippen molar-refractivity contribution in [1.82, 2.24) is 20.2 Å². The van der Waals surface area contributed by atoms with Gasteiger partial charge in [0, 0.05) is 24.5 Å². The predicted molar refractivity (Wildman–Crippen MR) is 70.4 cm³/mol. The minimum absolute atomic E-state index is 0.0713. The Morgan fingerprint density at radius 1 is 1.61 bits per heavy atom. The number of ether oxygens (including phenoxy) is 1. The summed E-state index contributed by atoms with van der Waals surface area (Å²) in [4.78, 5) is 4.45. The van der Waals surface area contributed by atoms with Crippen molar-refractivity contribution < 1.29 is 4.74 Å². The monoisotopic (exact) mass is 267 g/mol. The first-order chi connectivity index (χ1) is 8.65. The van der Waals surface area contributed by atoms with E-state index in [2.05, 4.69) is 15.5 Å². The molecule has 0 radical (unpaired) electrons. The lowest BCUT2D eigenvalue weighted by molar-refractivity contribution is 0.394. The molecule has 0 aliphatic rings. The van der Waals surface area contributed by atoms with Crippen molar-refractivity contribution in [2.75, 3.05) is 7.11 Å². The van der Waals surface area contributed by atoms with E-state index >= 15 is 0 Å². The molecule has 1 unspecified atom stereocenters. The fourth-order valence-corrected chi connectivity index (χ4v) is 2.71. The fraction of sp³-hybridized carbons (Fsp3) is 0.455. The molecule has 0 saturated heterocycles. The van der Waals surface area contributed by atoms with Crippen LogP contribution in [0.1, 0.15) is 22.4 Å². The fourth-order valence-electron chi connectivity index (χ4n) is 1.89. The van der Waals surface area contributed by atoms with Crippen LogP contribution in [0.4, 0.5) is 0 Å². The Hall–Kier alpha value is -1.44. The Morgan fingerprint density at radius 2 is 2.39 bits per heavy atom. The second-order valence-electron chi connectivity index (χ2n) is 4.03. The zero-order valence-electron chi connectivity index (χ0n) is 10.7. The lowest BCUT2D eigenvalue weighted by atomic mass is 10.1. The standard InChI is InChI=1S/C11H17N5OS/c1-7-6-18-10(14-7)4-8(15-12)11-9(17-3)5-13-16(11)2/h5-6,8,15H,4,12H2,1-3H3. The molecular formula is C11H17N5OS. The maximum absolute atomic E-state index is 5.64. The summed E-state index contributed by atoms with van der Waals surface area (Å²) in [5, 5.41) is 7.25. The van der Waals surface area contributed by atoms with E-state index in [1.807, 2.05) is 19.4 Å². The van der Waals surface area contributed by atoms with Gasteiger partial charge in [-0.15, -0.1) is 11.3 Å². The first kappa shape index (κ1) is 13.0. The van der Waals surface area contributed by atoms with E-state index in [0.717, 1.165) is 22.1 Å². The van der Waals surface area contributed by atoms with Gasteiger partial charge < -0.3 is 4.74 Å². The highest BCUT2D eigenvalue weighted by Gasteiger charge is 2.21. The highest BCUT2D eigenvalue weighted by Crippen LogP contribution is 2.27. The average Bonchev–Trinajstić information content (AvgIpc) is 2.92. The third kappa shape index (κ3) is 2.53. The molecule has 18 heavy (non-hydrogen) atoms. The van der Waals surface area contributed by atoms with Gasteiger partial charge in [-0.1, -0.05) is 0 Å². The van der Waals surface area contributed by atoms with Gasteiger partial charge in [0.2, 0.25) is 0 Å². The summed E-state index contributed by atoms with van der Waals surface area (Å²) in [6.45, 7) is 1.98. The van der Waals surface area contributed by atoms with Crippen molar-refractivity contribution in [3.63, 3.8) is 0 Å². The van der Waals surface area contributed by atoms with Crippen LogP contribution >= 0.6 is 11.3 Å². The van der Waals surface area contributed by atoms with Crippen LogP contribution in [0.25, 0.3) is 0 Å². The molecule has 2 rings (SSSR count). The maximum Gasteiger partial charge on any atom is 0.161 e. The van der Waals surface area contributed by atoms with Crippen LogP contribution in [-0.2, 0) is 13.5 Å². The number of nitrogens with one attached hydrogen (secondary N) is 1. The molecule has 0 fully saturated rings. The molecule has 2 heterocycles. The van der Waals surface area contributed by atoms with E-state index in [1.165, 1.54) is 0 Å². The smallest absolute Gasteiger partial charge is 0.161 e. The molecule has 2 aromatic heterocycles. The molecule has 0 aliphatic heterocycles. The van der Waals surface area contributed by atoms with E-state index in [0.29, 0.717) is 6.42 Å². The second kappa shape index (κ2) is 5.47. The summed E-state index contributed by atoms with van der Waals surface area (Å²) < 4.78 is 7.06. The summed E-state index contributed by atoms with van der Waals surface area (Å²) in [7, 11) is 3.50. The minimum atomic E-state index is -0.0713. The van der Waals surface area contributed by atoms with E-state index < -0.39 is 0 Å². The number of aromatic nitrogens is 3. The van der Waals surface area contributed by atoms with Gasteiger partial charge in [0.15, 0.2) is 5.75 Å². The quantitative estimate of drug-likeness (QED) is 0.622. The Bertz CT molecular complexity index is 521. The minimum Gasteiger partial charge on any atom is -0.493 e. The van der Waals surface area contributed by atoms with Gasteiger partial charge in [0.05, 0.1) is 30.1 Å². The molecule has 7 heteroatoms.